The van der Waals surface area contributed by atoms with E-state index in [4.69, 9.17) is 5.11 Å². The van der Waals surface area contributed by atoms with Gasteiger partial charge in [-0.3, -0.25) is 4.79 Å². The largest absolute Gasteiger partial charge is 0.478 e. The van der Waals surface area contributed by atoms with Crippen molar-refractivity contribution in [3.8, 4) is 0 Å². The molecule has 0 radical (unpaired) electrons. The quantitative estimate of drug-likeness (QED) is 0.838. The highest BCUT2D eigenvalue weighted by Crippen LogP contribution is 2.69. The second-order valence-electron chi connectivity index (χ2n) is 6.24. The molecular formula is C15H16N2O3S. The van der Waals surface area contributed by atoms with Crippen LogP contribution in [0.1, 0.15) is 24.1 Å². The minimum absolute atomic E-state index is 0.102. The Morgan fingerprint density at radius 2 is 2.05 bits per heavy atom. The van der Waals surface area contributed by atoms with Gasteiger partial charge in [0.25, 0.3) is 0 Å². The molecule has 6 heteroatoms. The summed E-state index contributed by atoms with van der Waals surface area (Å²) < 4.78 is 0. The highest BCUT2D eigenvalue weighted by atomic mass is 32.1. The third-order valence-electron chi connectivity index (χ3n) is 5.18. The van der Waals surface area contributed by atoms with Crippen molar-refractivity contribution >= 4 is 34.4 Å². The molecule has 5 nitrogen and oxygen atoms in total. The molecule has 3 fully saturated rings. The number of carboxylic acids is 1. The van der Waals surface area contributed by atoms with Crippen molar-refractivity contribution in [3.05, 3.63) is 17.2 Å². The van der Waals surface area contributed by atoms with Crippen LogP contribution in [0.15, 0.2) is 12.3 Å². The minimum Gasteiger partial charge on any atom is -0.478 e. The number of anilines is 1. The number of hydrogen-bond acceptors (Lipinski definition) is 4. The van der Waals surface area contributed by atoms with Gasteiger partial charge in [-0.25, -0.2) is 9.78 Å². The molecule has 0 saturated heterocycles. The highest BCUT2D eigenvalue weighted by molar-refractivity contribution is 7.16. The number of carbonyl (C=O) groups excluding carboxylic acids is 1. The zero-order valence-electron chi connectivity index (χ0n) is 11.4. The van der Waals surface area contributed by atoms with Gasteiger partial charge in [-0.05, 0) is 49.0 Å². The lowest BCUT2D eigenvalue weighted by Gasteiger charge is -2.07. The molecule has 3 aliphatic rings. The van der Waals surface area contributed by atoms with Crippen LogP contribution in [0.4, 0.5) is 5.13 Å². The van der Waals surface area contributed by atoms with Crippen LogP contribution >= 0.6 is 11.3 Å². The number of thiazole rings is 1. The topological polar surface area (TPSA) is 79.3 Å². The van der Waals surface area contributed by atoms with Crippen LogP contribution in [0.25, 0.3) is 6.08 Å². The predicted octanol–water partition coefficient (Wildman–Crippen LogP) is 2.47. The van der Waals surface area contributed by atoms with Crippen LogP contribution in [0.5, 0.6) is 0 Å². The van der Waals surface area contributed by atoms with Crippen LogP contribution in [0.3, 0.4) is 0 Å². The van der Waals surface area contributed by atoms with Gasteiger partial charge in [-0.2, -0.15) is 0 Å². The van der Waals surface area contributed by atoms with Crippen LogP contribution in [0.2, 0.25) is 0 Å². The predicted molar refractivity (Wildman–Crippen MR) is 78.7 cm³/mol. The third kappa shape index (κ3) is 2.18. The lowest BCUT2D eigenvalue weighted by Crippen LogP contribution is -2.18. The summed E-state index contributed by atoms with van der Waals surface area (Å²) in [5.74, 6) is 2.10. The van der Waals surface area contributed by atoms with Crippen molar-refractivity contribution in [3.63, 3.8) is 0 Å². The maximum absolute atomic E-state index is 12.3. The summed E-state index contributed by atoms with van der Waals surface area (Å²) in [5.41, 5.74) is 0. The van der Waals surface area contributed by atoms with Gasteiger partial charge >= 0.3 is 5.97 Å². The molecule has 2 bridgehead atoms. The van der Waals surface area contributed by atoms with Gasteiger partial charge in [0.05, 0.1) is 0 Å². The number of hydrogen-bond donors (Lipinski definition) is 2. The van der Waals surface area contributed by atoms with Crippen molar-refractivity contribution in [1.29, 1.82) is 0 Å². The van der Waals surface area contributed by atoms with Crippen LogP contribution < -0.4 is 5.32 Å². The van der Waals surface area contributed by atoms with E-state index in [0.717, 1.165) is 22.8 Å². The standard InChI is InChI=1S/C15H16N2O3S/c18-10(19)4-3-9-6-16-15(21-9)17-14(20)13-11-7-1-2-8(5-7)12(11)13/h3-4,6-8,11-13H,1-2,5H2,(H,18,19)(H,16,17,20)/b4-3+. The fraction of sp³-hybridized carbons (Fsp3) is 0.533. The summed E-state index contributed by atoms with van der Waals surface area (Å²) in [6, 6.07) is 0. The summed E-state index contributed by atoms with van der Waals surface area (Å²) in [7, 11) is 0. The fourth-order valence-electron chi connectivity index (χ4n) is 4.44. The Morgan fingerprint density at radius 1 is 1.33 bits per heavy atom. The zero-order chi connectivity index (χ0) is 14.6. The molecule has 0 spiro atoms. The van der Waals surface area contributed by atoms with Crippen LogP contribution in [-0.4, -0.2) is 22.0 Å². The SMILES string of the molecule is O=C(O)/C=C/c1cnc(NC(=O)C2C3C4CCC(C4)C23)s1. The van der Waals surface area contributed by atoms with Gasteiger partial charge in [0.2, 0.25) is 5.91 Å². The number of nitrogens with zero attached hydrogens (tertiary/aromatic N) is 1. The first-order valence-electron chi connectivity index (χ1n) is 7.31. The summed E-state index contributed by atoms with van der Waals surface area (Å²) >= 11 is 1.30. The van der Waals surface area contributed by atoms with E-state index >= 15 is 0 Å². The van der Waals surface area contributed by atoms with Gasteiger partial charge in [0.15, 0.2) is 5.13 Å². The molecule has 2 N–H and O–H groups in total. The second-order valence-corrected chi connectivity index (χ2v) is 7.30. The van der Waals surface area contributed by atoms with Gasteiger partial charge in [0, 0.05) is 23.1 Å². The smallest absolute Gasteiger partial charge is 0.328 e. The first-order valence-corrected chi connectivity index (χ1v) is 8.13. The molecule has 0 aliphatic heterocycles. The van der Waals surface area contributed by atoms with Crippen molar-refractivity contribution in [2.24, 2.45) is 29.6 Å². The Morgan fingerprint density at radius 3 is 2.71 bits per heavy atom. The van der Waals surface area contributed by atoms with Crippen molar-refractivity contribution in [2.75, 3.05) is 5.32 Å². The van der Waals surface area contributed by atoms with Gasteiger partial charge in [0.1, 0.15) is 0 Å². The van der Waals surface area contributed by atoms with E-state index in [0.29, 0.717) is 17.0 Å². The van der Waals surface area contributed by atoms with E-state index in [9.17, 15) is 9.59 Å². The van der Waals surface area contributed by atoms with Crippen LogP contribution in [0, 0.1) is 29.6 Å². The third-order valence-corrected chi connectivity index (χ3v) is 6.06. The first kappa shape index (κ1) is 13.0. The lowest BCUT2D eigenvalue weighted by atomic mass is 10.0. The minimum atomic E-state index is -0.990. The summed E-state index contributed by atoms with van der Waals surface area (Å²) in [4.78, 5) is 27.6. The van der Waals surface area contributed by atoms with E-state index in [1.165, 1.54) is 36.7 Å². The molecule has 1 heterocycles. The molecule has 21 heavy (non-hydrogen) atoms. The number of rotatable bonds is 4. The van der Waals surface area contributed by atoms with Crippen molar-refractivity contribution < 1.29 is 14.7 Å². The number of nitrogens with one attached hydrogen (secondary N) is 1. The summed E-state index contributed by atoms with van der Waals surface area (Å²) in [6.45, 7) is 0. The number of carboxylic acid groups (broad SMARTS) is 1. The average molecular weight is 304 g/mol. The van der Waals surface area contributed by atoms with Gasteiger partial charge in [-0.15, -0.1) is 0 Å². The molecule has 4 unspecified atom stereocenters. The second kappa shape index (κ2) is 4.66. The van der Waals surface area contributed by atoms with Gasteiger partial charge in [-0.1, -0.05) is 11.3 Å². The fourth-order valence-corrected chi connectivity index (χ4v) is 5.16. The monoisotopic (exact) mass is 304 g/mol. The average Bonchev–Trinajstić information content (AvgIpc) is 2.81. The molecular weight excluding hydrogens is 288 g/mol. The Labute approximate surface area is 126 Å². The lowest BCUT2D eigenvalue weighted by molar-refractivity contribution is -0.131. The summed E-state index contributed by atoms with van der Waals surface area (Å²) in [6.07, 6.45) is 8.08. The number of amides is 1. The normalized spacial score (nSPS) is 35.9. The molecule has 4 rings (SSSR count). The van der Waals surface area contributed by atoms with Crippen molar-refractivity contribution in [1.82, 2.24) is 4.98 Å². The van der Waals surface area contributed by atoms with E-state index in [-0.39, 0.29) is 11.8 Å². The van der Waals surface area contributed by atoms with Crippen LogP contribution in [-0.2, 0) is 9.59 Å². The Balaban J connectivity index is 1.39. The molecule has 3 aliphatic carbocycles. The molecule has 0 aromatic carbocycles. The molecule has 1 aromatic rings. The Hall–Kier alpha value is -1.69. The maximum atomic E-state index is 12.3. The number of carbonyl (C=O) groups is 2. The Kier molecular flexibility index (Phi) is 2.89. The summed E-state index contributed by atoms with van der Waals surface area (Å²) in [5, 5.41) is 12.0. The first-order chi connectivity index (χ1) is 10.1. The maximum Gasteiger partial charge on any atom is 0.328 e. The van der Waals surface area contributed by atoms with Gasteiger partial charge < -0.3 is 10.4 Å². The molecule has 4 atom stereocenters. The van der Waals surface area contributed by atoms with E-state index in [1.807, 2.05) is 0 Å². The van der Waals surface area contributed by atoms with E-state index < -0.39 is 5.97 Å². The number of fused-ring (bicyclic) bond motifs is 5. The molecule has 110 valence electrons. The number of aliphatic carboxylic acids is 1. The zero-order valence-corrected chi connectivity index (χ0v) is 12.2. The molecule has 1 amide bonds. The molecule has 3 saturated carbocycles. The van der Waals surface area contributed by atoms with E-state index in [1.54, 1.807) is 6.20 Å². The molecule has 1 aromatic heterocycles. The highest BCUT2D eigenvalue weighted by Gasteiger charge is 2.67. The number of aromatic nitrogens is 1. The Bertz CT molecular complexity index is 623. The van der Waals surface area contributed by atoms with E-state index in [2.05, 4.69) is 10.3 Å². The van der Waals surface area contributed by atoms with Crippen molar-refractivity contribution in [2.45, 2.75) is 19.3 Å².